The summed E-state index contributed by atoms with van der Waals surface area (Å²) in [5, 5.41) is 1.55. The van der Waals surface area contributed by atoms with Gasteiger partial charge in [0.1, 0.15) is 4.83 Å². The third-order valence-corrected chi connectivity index (χ3v) is 7.17. The fourth-order valence-electron chi connectivity index (χ4n) is 3.48. The zero-order valence-electron chi connectivity index (χ0n) is 16.7. The number of aromatic nitrogens is 2. The third kappa shape index (κ3) is 4.16. The van der Waals surface area contributed by atoms with Crippen LogP contribution in [0.4, 0.5) is 0 Å². The van der Waals surface area contributed by atoms with Crippen molar-refractivity contribution in [2.75, 3.05) is 5.75 Å². The fourth-order valence-corrected chi connectivity index (χ4v) is 5.80. The van der Waals surface area contributed by atoms with Gasteiger partial charge in [-0.2, -0.15) is 0 Å². The zero-order chi connectivity index (χ0) is 20.2. The molecule has 0 saturated carbocycles. The first-order chi connectivity index (χ1) is 14.2. The number of rotatable bonds is 7. The van der Waals surface area contributed by atoms with Gasteiger partial charge in [-0.3, -0.25) is 9.36 Å². The molecule has 0 spiro atoms. The molecule has 0 radical (unpaired) electrons. The lowest BCUT2D eigenvalue weighted by molar-refractivity contribution is 0.821. The number of thiophene rings is 1. The summed E-state index contributed by atoms with van der Waals surface area (Å²) in [7, 11) is 0. The minimum Gasteiger partial charge on any atom is -0.268 e. The SMILES string of the molecule is CCCc1sc2nc(SCCc3ccccc3)n(-c3ccccc3)c(=O)c2c1C. The van der Waals surface area contributed by atoms with E-state index in [1.54, 1.807) is 27.7 Å². The first-order valence-electron chi connectivity index (χ1n) is 9.96. The van der Waals surface area contributed by atoms with E-state index in [1.165, 1.54) is 10.4 Å². The highest BCUT2D eigenvalue weighted by Gasteiger charge is 2.18. The van der Waals surface area contributed by atoms with Crippen LogP contribution in [0.3, 0.4) is 0 Å². The van der Waals surface area contributed by atoms with Gasteiger partial charge >= 0.3 is 0 Å². The highest BCUT2D eigenvalue weighted by Crippen LogP contribution is 2.31. The van der Waals surface area contributed by atoms with Crippen LogP contribution in [-0.4, -0.2) is 15.3 Å². The van der Waals surface area contributed by atoms with Gasteiger partial charge in [0, 0.05) is 10.6 Å². The van der Waals surface area contributed by atoms with Gasteiger partial charge in [-0.05, 0) is 43.0 Å². The van der Waals surface area contributed by atoms with Crippen molar-refractivity contribution in [3.8, 4) is 5.69 Å². The van der Waals surface area contributed by atoms with Crippen LogP contribution < -0.4 is 5.56 Å². The average Bonchev–Trinajstić information content (AvgIpc) is 3.05. The summed E-state index contributed by atoms with van der Waals surface area (Å²) in [6, 6.07) is 20.3. The van der Waals surface area contributed by atoms with Gasteiger partial charge in [-0.25, -0.2) is 4.98 Å². The van der Waals surface area contributed by atoms with E-state index in [-0.39, 0.29) is 5.56 Å². The molecular formula is C24H24N2OS2. The second-order valence-corrected chi connectivity index (χ2v) is 9.18. The molecule has 0 fully saturated rings. The molecule has 0 unspecified atom stereocenters. The van der Waals surface area contributed by atoms with Crippen LogP contribution in [0.25, 0.3) is 15.9 Å². The summed E-state index contributed by atoms with van der Waals surface area (Å²) < 4.78 is 1.79. The van der Waals surface area contributed by atoms with Gasteiger partial charge in [0.25, 0.3) is 5.56 Å². The van der Waals surface area contributed by atoms with Crippen LogP contribution in [0, 0.1) is 6.92 Å². The predicted octanol–water partition coefficient (Wildman–Crippen LogP) is 6.04. The van der Waals surface area contributed by atoms with Gasteiger partial charge in [0.05, 0.1) is 11.1 Å². The predicted molar refractivity (Wildman–Crippen MR) is 125 cm³/mol. The Morgan fingerprint density at radius 1 is 1.00 bits per heavy atom. The average molecular weight is 421 g/mol. The Morgan fingerprint density at radius 2 is 1.69 bits per heavy atom. The molecule has 0 atom stereocenters. The quantitative estimate of drug-likeness (QED) is 0.270. The Hall–Kier alpha value is -2.37. The number of thioether (sulfide) groups is 1. The number of para-hydroxylation sites is 1. The number of nitrogens with zero attached hydrogens (tertiary/aromatic N) is 2. The number of fused-ring (bicyclic) bond motifs is 1. The Balaban J connectivity index is 1.77. The number of hydrogen-bond donors (Lipinski definition) is 0. The molecule has 0 N–H and O–H groups in total. The summed E-state index contributed by atoms with van der Waals surface area (Å²) >= 11 is 3.33. The van der Waals surface area contributed by atoms with E-state index in [2.05, 4.69) is 38.1 Å². The molecule has 5 heteroatoms. The molecule has 0 aliphatic heterocycles. The Bertz CT molecular complexity index is 1160. The molecule has 0 saturated heterocycles. The van der Waals surface area contributed by atoms with Gasteiger partial charge in [0.2, 0.25) is 0 Å². The lowest BCUT2D eigenvalue weighted by Gasteiger charge is -2.12. The molecule has 0 aliphatic carbocycles. The normalized spacial score (nSPS) is 11.2. The van der Waals surface area contributed by atoms with Crippen molar-refractivity contribution in [3.63, 3.8) is 0 Å². The van der Waals surface area contributed by atoms with E-state index in [0.29, 0.717) is 0 Å². The van der Waals surface area contributed by atoms with Crippen molar-refractivity contribution >= 4 is 33.3 Å². The third-order valence-electron chi connectivity index (χ3n) is 4.99. The highest BCUT2D eigenvalue weighted by molar-refractivity contribution is 7.99. The lowest BCUT2D eigenvalue weighted by Crippen LogP contribution is -2.21. The fraction of sp³-hybridized carbons (Fsp3) is 0.250. The molecule has 0 aliphatic rings. The van der Waals surface area contributed by atoms with Crippen molar-refractivity contribution < 1.29 is 0 Å². The minimum absolute atomic E-state index is 0.0412. The summed E-state index contributed by atoms with van der Waals surface area (Å²) in [6.07, 6.45) is 3.01. The summed E-state index contributed by atoms with van der Waals surface area (Å²) in [5.74, 6) is 0.876. The summed E-state index contributed by atoms with van der Waals surface area (Å²) in [5.41, 5.74) is 3.30. The van der Waals surface area contributed by atoms with Gasteiger partial charge in [-0.15, -0.1) is 11.3 Å². The van der Waals surface area contributed by atoms with Gasteiger partial charge in [-0.1, -0.05) is 73.6 Å². The molecule has 2 heterocycles. The van der Waals surface area contributed by atoms with E-state index >= 15 is 0 Å². The first-order valence-corrected chi connectivity index (χ1v) is 11.8. The molecule has 2 aromatic heterocycles. The maximum Gasteiger partial charge on any atom is 0.267 e. The molecule has 4 aromatic rings. The molecule has 0 bridgehead atoms. The topological polar surface area (TPSA) is 34.9 Å². The molecular weight excluding hydrogens is 396 g/mol. The second-order valence-electron chi connectivity index (χ2n) is 7.03. The molecule has 3 nitrogen and oxygen atoms in total. The second kappa shape index (κ2) is 8.97. The largest absolute Gasteiger partial charge is 0.268 e. The number of benzene rings is 2. The molecule has 2 aromatic carbocycles. The monoisotopic (exact) mass is 420 g/mol. The maximum atomic E-state index is 13.5. The Labute approximate surface area is 179 Å². The Morgan fingerprint density at radius 3 is 2.38 bits per heavy atom. The van der Waals surface area contributed by atoms with E-state index in [0.717, 1.165) is 51.6 Å². The van der Waals surface area contributed by atoms with Crippen LogP contribution in [0.1, 0.15) is 29.3 Å². The molecule has 0 amide bonds. The van der Waals surface area contributed by atoms with Gasteiger partial charge < -0.3 is 0 Å². The van der Waals surface area contributed by atoms with Crippen molar-refractivity contribution in [1.29, 1.82) is 0 Å². The van der Waals surface area contributed by atoms with Crippen LogP contribution in [0.5, 0.6) is 0 Å². The van der Waals surface area contributed by atoms with E-state index in [9.17, 15) is 4.79 Å². The van der Waals surface area contributed by atoms with Crippen molar-refractivity contribution in [1.82, 2.24) is 9.55 Å². The van der Waals surface area contributed by atoms with Gasteiger partial charge in [0.15, 0.2) is 5.16 Å². The smallest absolute Gasteiger partial charge is 0.267 e. The number of hydrogen-bond acceptors (Lipinski definition) is 4. The summed E-state index contributed by atoms with van der Waals surface area (Å²) in [6.45, 7) is 4.23. The van der Waals surface area contributed by atoms with Crippen LogP contribution in [0.2, 0.25) is 0 Å². The van der Waals surface area contributed by atoms with E-state index < -0.39 is 0 Å². The minimum atomic E-state index is 0.0412. The molecule has 29 heavy (non-hydrogen) atoms. The van der Waals surface area contributed by atoms with E-state index in [1.807, 2.05) is 36.4 Å². The zero-order valence-corrected chi connectivity index (χ0v) is 18.4. The van der Waals surface area contributed by atoms with Crippen molar-refractivity contribution in [3.05, 3.63) is 87.0 Å². The van der Waals surface area contributed by atoms with Crippen molar-refractivity contribution in [2.24, 2.45) is 0 Å². The maximum absolute atomic E-state index is 13.5. The highest BCUT2D eigenvalue weighted by atomic mass is 32.2. The van der Waals surface area contributed by atoms with Crippen LogP contribution in [-0.2, 0) is 12.8 Å². The van der Waals surface area contributed by atoms with Crippen LogP contribution >= 0.6 is 23.1 Å². The van der Waals surface area contributed by atoms with E-state index in [4.69, 9.17) is 4.98 Å². The number of aryl methyl sites for hydroxylation is 3. The Kier molecular flexibility index (Phi) is 6.16. The standard InChI is InChI=1S/C24H24N2OS2/c1-3-10-20-17(2)21-22(29-20)25-24(28-16-15-18-11-6-4-7-12-18)26(23(21)27)19-13-8-5-9-14-19/h4-9,11-14H,3,10,15-16H2,1-2H3. The van der Waals surface area contributed by atoms with Crippen molar-refractivity contribution in [2.45, 2.75) is 38.3 Å². The lowest BCUT2D eigenvalue weighted by atomic mass is 10.1. The summed E-state index contributed by atoms with van der Waals surface area (Å²) in [4.78, 5) is 20.6. The first kappa shape index (κ1) is 19.9. The van der Waals surface area contributed by atoms with Crippen LogP contribution in [0.15, 0.2) is 70.6 Å². The molecule has 148 valence electrons. The molecule has 4 rings (SSSR count).